The Morgan fingerprint density at radius 1 is 1.39 bits per heavy atom. The van der Waals surface area contributed by atoms with E-state index in [4.69, 9.17) is 5.73 Å². The lowest BCUT2D eigenvalue weighted by Gasteiger charge is -2.34. The molecule has 1 aromatic carbocycles. The zero-order valence-corrected chi connectivity index (χ0v) is 13.3. The standard InChI is InChI=1S/C18H21FN4/c1-13-5-4-8-22(11-13)18-17(21)9-15(10-20)23(18)12-14-6-2-3-7-16(14)19/h2-3,6-7,9,13H,4-5,8,11-12,21H2,1H3/t13-/m1/s1. The predicted octanol–water partition coefficient (Wildman–Crippen LogP) is 3.37. The second kappa shape index (κ2) is 6.33. The average Bonchev–Trinajstić information content (AvgIpc) is 2.85. The molecule has 1 fully saturated rings. The van der Waals surface area contributed by atoms with Gasteiger partial charge in [0.15, 0.2) is 0 Å². The Balaban J connectivity index is 2.01. The molecule has 4 nitrogen and oxygen atoms in total. The molecule has 3 rings (SSSR count). The molecule has 1 aliphatic heterocycles. The van der Waals surface area contributed by atoms with Crippen LogP contribution in [0.5, 0.6) is 0 Å². The highest BCUT2D eigenvalue weighted by Gasteiger charge is 2.24. The number of nitrogens with two attached hydrogens (primary N) is 1. The van der Waals surface area contributed by atoms with Gasteiger partial charge < -0.3 is 15.2 Å². The lowest BCUT2D eigenvalue weighted by molar-refractivity contribution is 0.441. The van der Waals surface area contributed by atoms with Gasteiger partial charge in [-0.25, -0.2) is 4.39 Å². The van der Waals surface area contributed by atoms with E-state index in [-0.39, 0.29) is 5.82 Å². The molecule has 0 amide bonds. The van der Waals surface area contributed by atoms with Gasteiger partial charge >= 0.3 is 0 Å². The van der Waals surface area contributed by atoms with Gasteiger partial charge in [0.1, 0.15) is 23.4 Å². The van der Waals surface area contributed by atoms with E-state index in [2.05, 4.69) is 17.9 Å². The summed E-state index contributed by atoms with van der Waals surface area (Å²) in [5, 5.41) is 9.42. The molecule has 2 aromatic rings. The van der Waals surface area contributed by atoms with Crippen LogP contribution in [0.15, 0.2) is 30.3 Å². The number of aromatic nitrogens is 1. The first-order valence-corrected chi connectivity index (χ1v) is 7.97. The van der Waals surface area contributed by atoms with Crippen molar-refractivity contribution in [3.63, 3.8) is 0 Å². The molecular weight excluding hydrogens is 291 g/mol. The SMILES string of the molecule is C[C@@H]1CCCN(c2c(N)cc(C#N)n2Cc2ccccc2F)C1. The van der Waals surface area contributed by atoms with E-state index < -0.39 is 0 Å². The fourth-order valence-corrected chi connectivity index (χ4v) is 3.34. The minimum atomic E-state index is -0.262. The average molecular weight is 312 g/mol. The molecule has 0 spiro atoms. The molecular formula is C18H21FN4. The van der Waals surface area contributed by atoms with Crippen molar-refractivity contribution in [2.24, 2.45) is 5.92 Å². The van der Waals surface area contributed by atoms with Crippen molar-refractivity contribution in [1.82, 2.24) is 4.57 Å². The number of anilines is 2. The molecule has 0 radical (unpaired) electrons. The fourth-order valence-electron chi connectivity index (χ4n) is 3.34. The van der Waals surface area contributed by atoms with Crippen molar-refractivity contribution >= 4 is 11.5 Å². The number of halogens is 1. The summed E-state index contributed by atoms with van der Waals surface area (Å²) in [6.07, 6.45) is 2.31. The van der Waals surface area contributed by atoms with Gasteiger partial charge in [0, 0.05) is 18.7 Å². The van der Waals surface area contributed by atoms with Crippen LogP contribution in [0.3, 0.4) is 0 Å². The van der Waals surface area contributed by atoms with Crippen LogP contribution < -0.4 is 10.6 Å². The minimum Gasteiger partial charge on any atom is -0.396 e. The van der Waals surface area contributed by atoms with Crippen molar-refractivity contribution < 1.29 is 4.39 Å². The summed E-state index contributed by atoms with van der Waals surface area (Å²) in [4.78, 5) is 2.23. The van der Waals surface area contributed by atoms with Gasteiger partial charge in [0.2, 0.25) is 0 Å². The third-order valence-corrected chi connectivity index (χ3v) is 4.45. The summed E-state index contributed by atoms with van der Waals surface area (Å²) in [7, 11) is 0. The van der Waals surface area contributed by atoms with Crippen molar-refractivity contribution in [2.45, 2.75) is 26.3 Å². The maximum absolute atomic E-state index is 14.0. The number of nitriles is 1. The number of piperidine rings is 1. The maximum atomic E-state index is 14.0. The first-order chi connectivity index (χ1) is 11.1. The second-order valence-corrected chi connectivity index (χ2v) is 6.29. The highest BCUT2D eigenvalue weighted by molar-refractivity contribution is 5.68. The highest BCUT2D eigenvalue weighted by Crippen LogP contribution is 2.32. The Labute approximate surface area is 135 Å². The Bertz CT molecular complexity index is 744. The molecule has 5 heteroatoms. The molecule has 23 heavy (non-hydrogen) atoms. The molecule has 0 bridgehead atoms. The summed E-state index contributed by atoms with van der Waals surface area (Å²) in [6, 6.07) is 10.5. The normalized spacial score (nSPS) is 18.0. The number of hydrogen-bond acceptors (Lipinski definition) is 3. The van der Waals surface area contributed by atoms with Crippen LogP contribution in [0, 0.1) is 23.1 Å². The zero-order chi connectivity index (χ0) is 16.4. The maximum Gasteiger partial charge on any atom is 0.133 e. The van der Waals surface area contributed by atoms with Gasteiger partial charge in [0.05, 0.1) is 12.2 Å². The fraction of sp³-hybridized carbons (Fsp3) is 0.389. The second-order valence-electron chi connectivity index (χ2n) is 6.29. The monoisotopic (exact) mass is 312 g/mol. The Morgan fingerprint density at radius 2 is 2.17 bits per heavy atom. The molecule has 0 aliphatic carbocycles. The zero-order valence-electron chi connectivity index (χ0n) is 13.3. The Morgan fingerprint density at radius 3 is 2.87 bits per heavy atom. The van der Waals surface area contributed by atoms with Gasteiger partial charge in [-0.1, -0.05) is 25.1 Å². The lowest BCUT2D eigenvalue weighted by Crippen LogP contribution is -2.36. The van der Waals surface area contributed by atoms with E-state index in [0.717, 1.165) is 25.3 Å². The van der Waals surface area contributed by atoms with Crippen LogP contribution in [0.4, 0.5) is 15.9 Å². The van der Waals surface area contributed by atoms with E-state index in [1.54, 1.807) is 24.3 Å². The number of rotatable bonds is 3. The highest BCUT2D eigenvalue weighted by atomic mass is 19.1. The first kappa shape index (κ1) is 15.4. The van der Waals surface area contributed by atoms with Crippen LogP contribution in [-0.4, -0.2) is 17.7 Å². The van der Waals surface area contributed by atoms with E-state index >= 15 is 0 Å². The van der Waals surface area contributed by atoms with E-state index in [1.165, 1.54) is 12.5 Å². The molecule has 1 atom stereocenters. The van der Waals surface area contributed by atoms with Gasteiger partial charge in [-0.15, -0.1) is 0 Å². The van der Waals surface area contributed by atoms with Crippen molar-refractivity contribution in [3.05, 3.63) is 47.4 Å². The van der Waals surface area contributed by atoms with Gasteiger partial charge in [0.25, 0.3) is 0 Å². The molecule has 0 saturated carbocycles. The van der Waals surface area contributed by atoms with Crippen molar-refractivity contribution in [3.8, 4) is 6.07 Å². The number of benzene rings is 1. The number of nitrogens with zero attached hydrogens (tertiary/aromatic N) is 3. The van der Waals surface area contributed by atoms with Crippen molar-refractivity contribution in [2.75, 3.05) is 23.7 Å². The third kappa shape index (κ3) is 3.02. The molecule has 1 aromatic heterocycles. The smallest absolute Gasteiger partial charge is 0.133 e. The van der Waals surface area contributed by atoms with Crippen LogP contribution in [0.2, 0.25) is 0 Å². The molecule has 1 saturated heterocycles. The first-order valence-electron chi connectivity index (χ1n) is 7.97. The summed E-state index contributed by atoms with van der Waals surface area (Å²) in [5.74, 6) is 1.17. The van der Waals surface area contributed by atoms with Crippen LogP contribution in [0.1, 0.15) is 31.0 Å². The molecule has 120 valence electrons. The van der Waals surface area contributed by atoms with Gasteiger partial charge in [-0.05, 0) is 30.9 Å². The molecule has 0 unspecified atom stereocenters. The number of hydrogen-bond donors (Lipinski definition) is 1. The minimum absolute atomic E-state index is 0.262. The molecule has 2 heterocycles. The molecule has 1 aliphatic rings. The van der Waals surface area contributed by atoms with Crippen molar-refractivity contribution in [1.29, 1.82) is 5.26 Å². The Kier molecular flexibility index (Phi) is 4.24. The predicted molar refractivity (Wildman–Crippen MR) is 89.7 cm³/mol. The van der Waals surface area contributed by atoms with E-state index in [0.29, 0.717) is 29.4 Å². The third-order valence-electron chi connectivity index (χ3n) is 4.45. The van der Waals surface area contributed by atoms with E-state index in [1.807, 2.05) is 4.57 Å². The topological polar surface area (TPSA) is 58.0 Å². The van der Waals surface area contributed by atoms with Gasteiger partial charge in [-0.3, -0.25) is 0 Å². The number of nitrogen functional groups attached to an aromatic ring is 1. The summed E-state index contributed by atoms with van der Waals surface area (Å²) >= 11 is 0. The quantitative estimate of drug-likeness (QED) is 0.945. The summed E-state index contributed by atoms with van der Waals surface area (Å²) in [6.45, 7) is 4.36. The van der Waals surface area contributed by atoms with Crippen LogP contribution in [-0.2, 0) is 6.54 Å². The molecule has 2 N–H and O–H groups in total. The Hall–Kier alpha value is -2.48. The largest absolute Gasteiger partial charge is 0.396 e. The van der Waals surface area contributed by atoms with Gasteiger partial charge in [-0.2, -0.15) is 5.26 Å². The summed E-state index contributed by atoms with van der Waals surface area (Å²) < 4.78 is 15.9. The summed E-state index contributed by atoms with van der Waals surface area (Å²) in [5.41, 5.74) is 7.80. The lowest BCUT2D eigenvalue weighted by atomic mass is 10.0. The van der Waals surface area contributed by atoms with Crippen LogP contribution in [0.25, 0.3) is 0 Å². The van der Waals surface area contributed by atoms with Crippen LogP contribution >= 0.6 is 0 Å². The van der Waals surface area contributed by atoms with E-state index in [9.17, 15) is 9.65 Å².